The summed E-state index contributed by atoms with van der Waals surface area (Å²) in [5.41, 5.74) is 1.40. The lowest BCUT2D eigenvalue weighted by atomic mass is 9.84. The van der Waals surface area contributed by atoms with Crippen LogP contribution in [0.5, 0.6) is 0 Å². The van der Waals surface area contributed by atoms with Gasteiger partial charge in [-0.3, -0.25) is 9.89 Å². The summed E-state index contributed by atoms with van der Waals surface area (Å²) in [6, 6.07) is 6.89. The standard InChI is InChI=1S/C22H23ClN6O3/c1-22(2,3)16(10-18(30)31-4)26-17-9-14(15-6-5-7-32-15)25-21(27-17)19-13-8-12(23)11-24-20(13)29-28-19/h5-9,11,16H,10H2,1-4H3,(H,24,28,29)(H,25,26,27). The van der Waals surface area contributed by atoms with Crippen LogP contribution in [0.4, 0.5) is 5.82 Å². The van der Waals surface area contributed by atoms with Crippen molar-refractivity contribution in [3.05, 3.63) is 41.7 Å². The van der Waals surface area contributed by atoms with Crippen LogP contribution in [0.3, 0.4) is 0 Å². The number of carbonyl (C=O) groups excluding carboxylic acids is 1. The van der Waals surface area contributed by atoms with Gasteiger partial charge >= 0.3 is 5.97 Å². The number of rotatable bonds is 6. The maximum atomic E-state index is 12.0. The second kappa shape index (κ2) is 8.58. The minimum atomic E-state index is -0.308. The van der Waals surface area contributed by atoms with E-state index in [-0.39, 0.29) is 23.8 Å². The molecule has 9 nitrogen and oxygen atoms in total. The van der Waals surface area contributed by atoms with Crippen LogP contribution in [-0.2, 0) is 9.53 Å². The van der Waals surface area contributed by atoms with E-state index in [0.29, 0.717) is 44.8 Å². The molecule has 0 radical (unpaired) electrons. The third-order valence-corrected chi connectivity index (χ3v) is 5.27. The monoisotopic (exact) mass is 454 g/mol. The van der Waals surface area contributed by atoms with Gasteiger partial charge < -0.3 is 14.5 Å². The SMILES string of the molecule is COC(=O)CC(Nc1cc(-c2ccco2)nc(-c2n[nH]c3ncc(Cl)cc23)n1)C(C)(C)C. The van der Waals surface area contributed by atoms with Crippen LogP contribution in [0.15, 0.2) is 41.1 Å². The lowest BCUT2D eigenvalue weighted by molar-refractivity contribution is -0.141. The zero-order valence-electron chi connectivity index (χ0n) is 18.1. The normalized spacial score (nSPS) is 12.7. The molecule has 0 spiro atoms. The molecule has 2 N–H and O–H groups in total. The van der Waals surface area contributed by atoms with Crippen molar-refractivity contribution in [2.75, 3.05) is 12.4 Å². The molecule has 4 rings (SSSR count). The molecular weight excluding hydrogens is 432 g/mol. The molecule has 166 valence electrons. The number of methoxy groups -OCH3 is 1. The highest BCUT2D eigenvalue weighted by Gasteiger charge is 2.28. The molecule has 4 aromatic heterocycles. The largest absolute Gasteiger partial charge is 0.469 e. The highest BCUT2D eigenvalue weighted by molar-refractivity contribution is 6.31. The lowest BCUT2D eigenvalue weighted by Crippen LogP contribution is -2.36. The summed E-state index contributed by atoms with van der Waals surface area (Å²) < 4.78 is 10.4. The summed E-state index contributed by atoms with van der Waals surface area (Å²) >= 11 is 6.14. The van der Waals surface area contributed by atoms with Crippen molar-refractivity contribution in [1.82, 2.24) is 25.1 Å². The van der Waals surface area contributed by atoms with Gasteiger partial charge in [0.1, 0.15) is 17.2 Å². The number of nitrogens with one attached hydrogen (secondary N) is 2. The van der Waals surface area contributed by atoms with Gasteiger partial charge in [0.25, 0.3) is 0 Å². The Balaban J connectivity index is 1.81. The van der Waals surface area contributed by atoms with Crippen molar-refractivity contribution in [3.8, 4) is 23.0 Å². The average molecular weight is 455 g/mol. The summed E-state index contributed by atoms with van der Waals surface area (Å²) in [7, 11) is 1.38. The number of ether oxygens (including phenoxy) is 1. The molecular formula is C22H23ClN6O3. The van der Waals surface area contributed by atoms with Crippen LogP contribution in [-0.4, -0.2) is 44.3 Å². The fourth-order valence-electron chi connectivity index (χ4n) is 3.23. The Labute approximate surface area is 189 Å². The molecule has 0 fully saturated rings. The molecule has 0 amide bonds. The molecule has 0 aliphatic heterocycles. The van der Waals surface area contributed by atoms with Gasteiger partial charge in [-0.2, -0.15) is 5.10 Å². The summed E-state index contributed by atoms with van der Waals surface area (Å²) in [5, 5.41) is 11.8. The molecule has 0 aromatic carbocycles. The number of furan rings is 1. The highest BCUT2D eigenvalue weighted by atomic mass is 35.5. The van der Waals surface area contributed by atoms with Gasteiger partial charge in [0, 0.05) is 18.3 Å². The molecule has 32 heavy (non-hydrogen) atoms. The smallest absolute Gasteiger partial charge is 0.307 e. The second-order valence-electron chi connectivity index (χ2n) is 8.40. The Bertz CT molecular complexity index is 1250. The van der Waals surface area contributed by atoms with Crippen LogP contribution in [0, 0.1) is 5.41 Å². The molecule has 0 saturated carbocycles. The van der Waals surface area contributed by atoms with E-state index in [0.717, 1.165) is 0 Å². The molecule has 4 heterocycles. The van der Waals surface area contributed by atoms with Crippen molar-refractivity contribution in [2.45, 2.75) is 33.2 Å². The predicted octanol–water partition coefficient (Wildman–Crippen LogP) is 4.72. The van der Waals surface area contributed by atoms with Gasteiger partial charge in [-0.05, 0) is 23.6 Å². The number of esters is 1. The molecule has 0 saturated heterocycles. The molecule has 10 heteroatoms. The Morgan fingerprint density at radius 1 is 1.31 bits per heavy atom. The van der Waals surface area contributed by atoms with Crippen molar-refractivity contribution < 1.29 is 13.9 Å². The van der Waals surface area contributed by atoms with Crippen LogP contribution in [0.25, 0.3) is 34.0 Å². The fourth-order valence-corrected chi connectivity index (χ4v) is 3.39. The van der Waals surface area contributed by atoms with Crippen molar-refractivity contribution in [3.63, 3.8) is 0 Å². The molecule has 0 bridgehead atoms. The third-order valence-electron chi connectivity index (χ3n) is 5.06. The van der Waals surface area contributed by atoms with E-state index in [1.54, 1.807) is 30.7 Å². The van der Waals surface area contributed by atoms with E-state index < -0.39 is 0 Å². The number of halogens is 1. The summed E-state index contributed by atoms with van der Waals surface area (Å²) in [6.45, 7) is 6.12. The second-order valence-corrected chi connectivity index (χ2v) is 8.84. The van der Waals surface area contributed by atoms with Gasteiger partial charge in [0.2, 0.25) is 0 Å². The first-order valence-electron chi connectivity index (χ1n) is 10.0. The molecule has 4 aromatic rings. The van der Waals surface area contributed by atoms with Crippen molar-refractivity contribution in [1.29, 1.82) is 0 Å². The number of aromatic amines is 1. The number of aromatic nitrogens is 5. The lowest BCUT2D eigenvalue weighted by Gasteiger charge is -2.31. The topological polar surface area (TPSA) is 119 Å². The Hall–Kier alpha value is -3.46. The van der Waals surface area contributed by atoms with E-state index in [1.807, 2.05) is 26.8 Å². The van der Waals surface area contributed by atoms with Crippen LogP contribution >= 0.6 is 11.6 Å². The van der Waals surface area contributed by atoms with Gasteiger partial charge in [-0.25, -0.2) is 15.0 Å². The summed E-state index contributed by atoms with van der Waals surface area (Å²) in [4.78, 5) is 25.6. The van der Waals surface area contributed by atoms with Gasteiger partial charge in [0.15, 0.2) is 17.2 Å². The average Bonchev–Trinajstić information content (AvgIpc) is 3.42. The number of carbonyl (C=O) groups is 1. The van der Waals surface area contributed by atoms with Crippen molar-refractivity contribution >= 4 is 34.4 Å². The number of fused-ring (bicyclic) bond motifs is 1. The van der Waals surface area contributed by atoms with E-state index in [4.69, 9.17) is 20.8 Å². The zero-order valence-corrected chi connectivity index (χ0v) is 18.9. The zero-order chi connectivity index (χ0) is 22.9. The van der Waals surface area contributed by atoms with Crippen LogP contribution < -0.4 is 5.32 Å². The minimum absolute atomic E-state index is 0.181. The first-order chi connectivity index (χ1) is 15.2. The van der Waals surface area contributed by atoms with E-state index in [2.05, 4.69) is 30.5 Å². The quantitative estimate of drug-likeness (QED) is 0.402. The predicted molar refractivity (Wildman–Crippen MR) is 121 cm³/mol. The molecule has 1 unspecified atom stereocenters. The van der Waals surface area contributed by atoms with Gasteiger partial charge in [-0.15, -0.1) is 0 Å². The number of H-pyrrole nitrogens is 1. The number of nitrogens with zero attached hydrogens (tertiary/aromatic N) is 4. The third kappa shape index (κ3) is 4.57. The summed E-state index contributed by atoms with van der Waals surface area (Å²) in [5.74, 6) is 1.16. The summed E-state index contributed by atoms with van der Waals surface area (Å²) in [6.07, 6.45) is 3.30. The fraction of sp³-hybridized carbons (Fsp3) is 0.318. The first kappa shape index (κ1) is 21.8. The Kier molecular flexibility index (Phi) is 5.84. The number of anilines is 1. The molecule has 0 aliphatic carbocycles. The number of hydrogen-bond donors (Lipinski definition) is 2. The Morgan fingerprint density at radius 3 is 2.81 bits per heavy atom. The van der Waals surface area contributed by atoms with Crippen LogP contribution in [0.2, 0.25) is 5.02 Å². The highest BCUT2D eigenvalue weighted by Crippen LogP contribution is 2.31. The molecule has 1 atom stereocenters. The van der Waals surface area contributed by atoms with E-state index in [9.17, 15) is 4.79 Å². The van der Waals surface area contributed by atoms with Crippen molar-refractivity contribution in [2.24, 2.45) is 5.41 Å². The van der Waals surface area contributed by atoms with Crippen LogP contribution in [0.1, 0.15) is 27.2 Å². The maximum absolute atomic E-state index is 12.0. The van der Waals surface area contributed by atoms with E-state index in [1.165, 1.54) is 7.11 Å². The van der Waals surface area contributed by atoms with Gasteiger partial charge in [0.05, 0.1) is 30.2 Å². The number of hydrogen-bond acceptors (Lipinski definition) is 8. The Morgan fingerprint density at radius 2 is 2.12 bits per heavy atom. The van der Waals surface area contributed by atoms with Gasteiger partial charge in [-0.1, -0.05) is 32.4 Å². The number of pyridine rings is 1. The minimum Gasteiger partial charge on any atom is -0.469 e. The first-order valence-corrected chi connectivity index (χ1v) is 10.4. The molecule has 0 aliphatic rings. The maximum Gasteiger partial charge on any atom is 0.307 e. The van der Waals surface area contributed by atoms with E-state index >= 15 is 0 Å².